The molecule has 0 aromatic heterocycles. The molecular weight excluding hydrogens is 328 g/mol. The minimum Gasteiger partial charge on any atom is -0.494 e. The second-order valence-electron chi connectivity index (χ2n) is 6.16. The third-order valence-electron chi connectivity index (χ3n) is 3.89. The number of carbonyl (C=O) groups excluding carboxylic acids is 1. The Hall–Kier alpha value is -3.01. The summed E-state index contributed by atoms with van der Waals surface area (Å²) < 4.78 is 17.1. The zero-order valence-electron chi connectivity index (χ0n) is 15.2. The zero-order chi connectivity index (χ0) is 18.5. The molecule has 4 heteroatoms. The summed E-state index contributed by atoms with van der Waals surface area (Å²) in [4.78, 5) is 12.6. The van der Waals surface area contributed by atoms with Gasteiger partial charge >= 0.3 is 0 Å². The summed E-state index contributed by atoms with van der Waals surface area (Å²) in [5, 5.41) is 0. The van der Waals surface area contributed by atoms with E-state index in [1.54, 1.807) is 24.3 Å². The van der Waals surface area contributed by atoms with E-state index in [0.717, 1.165) is 5.56 Å². The molecule has 0 saturated heterocycles. The van der Waals surface area contributed by atoms with E-state index in [-0.39, 0.29) is 11.5 Å². The molecule has 4 nitrogen and oxygen atoms in total. The first-order valence-electron chi connectivity index (χ1n) is 8.64. The Balaban J connectivity index is 1.85. The molecule has 0 fully saturated rings. The molecule has 0 bridgehead atoms. The molecule has 0 atom stereocenters. The lowest BCUT2D eigenvalue weighted by atomic mass is 10.1. The van der Waals surface area contributed by atoms with Gasteiger partial charge in [-0.25, -0.2) is 0 Å². The van der Waals surface area contributed by atoms with Gasteiger partial charge in [0.25, 0.3) is 0 Å². The number of rotatable bonds is 6. The molecule has 0 spiro atoms. The summed E-state index contributed by atoms with van der Waals surface area (Å²) in [6.45, 7) is 7.00. The van der Waals surface area contributed by atoms with Crippen LogP contribution >= 0.6 is 0 Å². The van der Waals surface area contributed by atoms with Crippen molar-refractivity contribution in [3.63, 3.8) is 0 Å². The van der Waals surface area contributed by atoms with Gasteiger partial charge in [0.2, 0.25) is 5.78 Å². The Labute approximate surface area is 153 Å². The molecule has 0 amide bonds. The maximum atomic E-state index is 12.6. The van der Waals surface area contributed by atoms with Gasteiger partial charge < -0.3 is 14.2 Å². The van der Waals surface area contributed by atoms with E-state index in [1.807, 2.05) is 51.1 Å². The Morgan fingerprint density at radius 3 is 2.69 bits per heavy atom. The van der Waals surface area contributed by atoms with Crippen LogP contribution in [0.15, 0.2) is 59.9 Å². The first-order chi connectivity index (χ1) is 12.6. The quantitative estimate of drug-likeness (QED) is 0.540. The van der Waals surface area contributed by atoms with Crippen LogP contribution in [-0.4, -0.2) is 19.0 Å². The van der Waals surface area contributed by atoms with Crippen LogP contribution in [0.5, 0.6) is 17.2 Å². The fraction of sp³-hybridized carbons (Fsp3) is 0.227. The van der Waals surface area contributed by atoms with Crippen LogP contribution in [-0.2, 0) is 0 Å². The second-order valence-corrected chi connectivity index (χ2v) is 6.16. The number of ether oxygens (including phenoxy) is 3. The number of carbonyl (C=O) groups is 1. The standard InChI is InChI=1S/C22H22O4/c1-4-24-17-9-10-18-20(14-17)26-21(22(18)23)13-16-7-5-6-8-19(16)25-12-11-15(2)3/h5-11,13-14H,4,12H2,1-3H3/b21-13-. The summed E-state index contributed by atoms with van der Waals surface area (Å²) in [5.74, 6) is 2.06. The summed E-state index contributed by atoms with van der Waals surface area (Å²) in [6.07, 6.45) is 3.73. The third kappa shape index (κ3) is 3.97. The number of fused-ring (bicyclic) bond motifs is 1. The first-order valence-corrected chi connectivity index (χ1v) is 8.64. The number of ketones is 1. The van der Waals surface area contributed by atoms with Crippen molar-refractivity contribution in [1.29, 1.82) is 0 Å². The highest BCUT2D eigenvalue weighted by Crippen LogP contribution is 2.35. The van der Waals surface area contributed by atoms with Gasteiger partial charge in [-0.1, -0.05) is 23.8 Å². The predicted molar refractivity (Wildman–Crippen MR) is 102 cm³/mol. The van der Waals surface area contributed by atoms with Gasteiger partial charge in [0.05, 0.1) is 12.2 Å². The molecule has 1 aliphatic heterocycles. The summed E-state index contributed by atoms with van der Waals surface area (Å²) in [6, 6.07) is 12.8. The van der Waals surface area contributed by atoms with Crippen molar-refractivity contribution >= 4 is 11.9 Å². The van der Waals surface area contributed by atoms with Crippen LogP contribution < -0.4 is 14.2 Å². The SMILES string of the molecule is CCOc1ccc2c(c1)O/C(=C\c1ccccc1OCC=C(C)C)C2=O. The summed E-state index contributed by atoms with van der Waals surface area (Å²) >= 11 is 0. The Morgan fingerprint density at radius 1 is 1.12 bits per heavy atom. The van der Waals surface area contributed by atoms with Crippen LogP contribution in [0.3, 0.4) is 0 Å². The monoisotopic (exact) mass is 350 g/mol. The molecule has 26 heavy (non-hydrogen) atoms. The highest BCUT2D eigenvalue weighted by atomic mass is 16.5. The Bertz CT molecular complexity index is 873. The van der Waals surface area contributed by atoms with E-state index < -0.39 is 0 Å². The average molecular weight is 350 g/mol. The van der Waals surface area contributed by atoms with Gasteiger partial charge in [-0.2, -0.15) is 0 Å². The molecule has 0 N–H and O–H groups in total. The molecule has 0 aliphatic carbocycles. The average Bonchev–Trinajstić information content (AvgIpc) is 2.92. The molecule has 134 valence electrons. The lowest BCUT2D eigenvalue weighted by Crippen LogP contribution is -2.00. The van der Waals surface area contributed by atoms with Crippen molar-refractivity contribution in [2.75, 3.05) is 13.2 Å². The van der Waals surface area contributed by atoms with Crippen molar-refractivity contribution in [2.45, 2.75) is 20.8 Å². The van der Waals surface area contributed by atoms with Crippen molar-refractivity contribution in [1.82, 2.24) is 0 Å². The number of para-hydroxylation sites is 1. The smallest absolute Gasteiger partial charge is 0.231 e. The van der Waals surface area contributed by atoms with Crippen molar-refractivity contribution < 1.29 is 19.0 Å². The highest BCUT2D eigenvalue weighted by molar-refractivity contribution is 6.14. The van der Waals surface area contributed by atoms with Crippen LogP contribution in [0.25, 0.3) is 6.08 Å². The van der Waals surface area contributed by atoms with E-state index in [1.165, 1.54) is 5.57 Å². The van der Waals surface area contributed by atoms with Gasteiger partial charge in [-0.3, -0.25) is 4.79 Å². The van der Waals surface area contributed by atoms with Gasteiger partial charge in [0.15, 0.2) is 5.76 Å². The largest absolute Gasteiger partial charge is 0.494 e. The second kappa shape index (κ2) is 7.91. The lowest BCUT2D eigenvalue weighted by Gasteiger charge is -2.08. The third-order valence-corrected chi connectivity index (χ3v) is 3.89. The van der Waals surface area contributed by atoms with Gasteiger partial charge in [-0.15, -0.1) is 0 Å². The van der Waals surface area contributed by atoms with Crippen LogP contribution in [0.1, 0.15) is 36.7 Å². The minimum atomic E-state index is -0.137. The van der Waals surface area contributed by atoms with Crippen molar-refractivity contribution in [2.24, 2.45) is 0 Å². The molecule has 0 radical (unpaired) electrons. The lowest BCUT2D eigenvalue weighted by molar-refractivity contribution is 0.101. The summed E-state index contributed by atoms with van der Waals surface area (Å²) in [7, 11) is 0. The maximum Gasteiger partial charge on any atom is 0.231 e. The van der Waals surface area contributed by atoms with E-state index >= 15 is 0 Å². The van der Waals surface area contributed by atoms with Gasteiger partial charge in [0, 0.05) is 11.6 Å². The normalized spacial score (nSPS) is 14.0. The Morgan fingerprint density at radius 2 is 1.92 bits per heavy atom. The fourth-order valence-electron chi connectivity index (χ4n) is 2.59. The van der Waals surface area contributed by atoms with Crippen molar-refractivity contribution in [3.8, 4) is 17.2 Å². The molecule has 0 saturated carbocycles. The fourth-order valence-corrected chi connectivity index (χ4v) is 2.59. The van der Waals surface area contributed by atoms with E-state index in [9.17, 15) is 4.79 Å². The van der Waals surface area contributed by atoms with Crippen LogP contribution in [0, 0.1) is 0 Å². The van der Waals surface area contributed by atoms with Crippen molar-refractivity contribution in [3.05, 3.63) is 71.0 Å². The highest BCUT2D eigenvalue weighted by Gasteiger charge is 2.28. The topological polar surface area (TPSA) is 44.8 Å². The number of hydrogen-bond acceptors (Lipinski definition) is 4. The number of Topliss-reactive ketones (excluding diaryl/α,β-unsaturated/α-hetero) is 1. The summed E-state index contributed by atoms with van der Waals surface area (Å²) in [5.41, 5.74) is 2.54. The molecule has 2 aromatic rings. The van der Waals surface area contributed by atoms with Gasteiger partial charge in [-0.05, 0) is 51.1 Å². The predicted octanol–water partition coefficient (Wildman–Crippen LogP) is 5.05. The molecule has 2 aromatic carbocycles. The molecule has 3 rings (SSSR count). The van der Waals surface area contributed by atoms with E-state index in [4.69, 9.17) is 14.2 Å². The van der Waals surface area contributed by atoms with Crippen LogP contribution in [0.2, 0.25) is 0 Å². The zero-order valence-corrected chi connectivity index (χ0v) is 15.2. The van der Waals surface area contributed by atoms with Gasteiger partial charge in [0.1, 0.15) is 23.9 Å². The number of allylic oxidation sites excluding steroid dienone is 2. The molecular formula is C22H22O4. The Kier molecular flexibility index (Phi) is 5.42. The van der Waals surface area contributed by atoms with Crippen LogP contribution in [0.4, 0.5) is 0 Å². The number of benzene rings is 2. The van der Waals surface area contributed by atoms with E-state index in [2.05, 4.69) is 0 Å². The number of hydrogen-bond donors (Lipinski definition) is 0. The minimum absolute atomic E-state index is 0.137. The first kappa shape index (κ1) is 17.8. The molecule has 0 unspecified atom stereocenters. The molecule has 1 heterocycles. The maximum absolute atomic E-state index is 12.6. The molecule has 1 aliphatic rings. The van der Waals surface area contributed by atoms with E-state index in [0.29, 0.717) is 36.0 Å².